The minimum absolute atomic E-state index is 0.199. The number of hydrogen-bond acceptors (Lipinski definition) is 5. The molecule has 0 unspecified atom stereocenters. The smallest absolute Gasteiger partial charge is 0.340 e. The van der Waals surface area contributed by atoms with Crippen molar-refractivity contribution in [3.63, 3.8) is 0 Å². The summed E-state index contributed by atoms with van der Waals surface area (Å²) in [6.45, 7) is 6.26. The van der Waals surface area contributed by atoms with Gasteiger partial charge in [0.25, 0.3) is 5.91 Å². The van der Waals surface area contributed by atoms with Crippen LogP contribution >= 0.6 is 22.9 Å². The van der Waals surface area contributed by atoms with Gasteiger partial charge in [-0.2, -0.15) is 5.26 Å². The van der Waals surface area contributed by atoms with Gasteiger partial charge < -0.3 is 10.1 Å². The number of thiophene rings is 1. The van der Waals surface area contributed by atoms with Crippen LogP contribution in [0.3, 0.4) is 0 Å². The molecular weight excluding hydrogens is 408 g/mol. The second-order valence-electron chi connectivity index (χ2n) is 8.23. The van der Waals surface area contributed by atoms with Gasteiger partial charge in [0.05, 0.1) is 16.1 Å². The third-order valence-electron chi connectivity index (χ3n) is 5.28. The van der Waals surface area contributed by atoms with E-state index in [9.17, 15) is 14.9 Å². The van der Waals surface area contributed by atoms with Crippen LogP contribution in [0.25, 0.3) is 0 Å². The number of nitrogens with zero attached hydrogens (tertiary/aromatic N) is 1. The van der Waals surface area contributed by atoms with E-state index in [0.29, 0.717) is 16.5 Å². The largest absolute Gasteiger partial charge is 0.452 e. The van der Waals surface area contributed by atoms with Crippen molar-refractivity contribution >= 4 is 39.8 Å². The summed E-state index contributed by atoms with van der Waals surface area (Å²) in [5.41, 5.74) is 1.98. The number of rotatable bonds is 4. The van der Waals surface area contributed by atoms with E-state index in [1.165, 1.54) is 17.4 Å². The Kier molecular flexibility index (Phi) is 6.30. The van der Waals surface area contributed by atoms with Crippen molar-refractivity contribution in [3.8, 4) is 6.07 Å². The summed E-state index contributed by atoms with van der Waals surface area (Å²) in [7, 11) is 0. The van der Waals surface area contributed by atoms with Crippen LogP contribution in [-0.2, 0) is 22.4 Å². The number of esters is 1. The normalized spacial score (nSPS) is 15.9. The van der Waals surface area contributed by atoms with Crippen molar-refractivity contribution < 1.29 is 14.3 Å². The third kappa shape index (κ3) is 4.80. The number of ether oxygens (including phenoxy) is 1. The summed E-state index contributed by atoms with van der Waals surface area (Å²) in [5.74, 6) is -0.599. The van der Waals surface area contributed by atoms with Gasteiger partial charge in [-0.05, 0) is 48.3 Å². The zero-order chi connectivity index (χ0) is 21.2. The Morgan fingerprint density at radius 1 is 1.34 bits per heavy atom. The number of fused-ring (bicyclic) bond motifs is 1. The zero-order valence-corrected chi connectivity index (χ0v) is 18.2. The predicted octanol–water partition coefficient (Wildman–Crippen LogP) is 5.22. The van der Waals surface area contributed by atoms with E-state index in [2.05, 4.69) is 32.2 Å². The van der Waals surface area contributed by atoms with E-state index in [-0.39, 0.29) is 16.0 Å². The first kappa shape index (κ1) is 21.4. The van der Waals surface area contributed by atoms with Crippen LogP contribution in [0.1, 0.15) is 53.6 Å². The molecule has 29 heavy (non-hydrogen) atoms. The number of benzene rings is 1. The van der Waals surface area contributed by atoms with Crippen LogP contribution in [0.4, 0.5) is 5.00 Å². The molecule has 1 aromatic carbocycles. The number of anilines is 1. The van der Waals surface area contributed by atoms with Crippen LogP contribution in [0.5, 0.6) is 0 Å². The Balaban J connectivity index is 1.67. The number of nitrogens with one attached hydrogen (secondary N) is 1. The summed E-state index contributed by atoms with van der Waals surface area (Å²) < 4.78 is 5.07. The lowest BCUT2D eigenvalue weighted by atomic mass is 9.72. The second-order valence-corrected chi connectivity index (χ2v) is 9.74. The van der Waals surface area contributed by atoms with Crippen molar-refractivity contribution in [2.24, 2.45) is 11.3 Å². The van der Waals surface area contributed by atoms with Crippen LogP contribution in [0.15, 0.2) is 24.3 Å². The Labute approximate surface area is 179 Å². The fraction of sp³-hybridized carbons (Fsp3) is 0.409. The maximum atomic E-state index is 12.3. The number of carbonyl (C=O) groups excluding carboxylic acids is 2. The molecular formula is C22H23ClN2O3S. The average Bonchev–Trinajstić information content (AvgIpc) is 3.01. The molecule has 0 fully saturated rings. The summed E-state index contributed by atoms with van der Waals surface area (Å²) in [6, 6.07) is 8.73. The highest BCUT2D eigenvalue weighted by Gasteiger charge is 2.32. The molecule has 1 aliphatic rings. The fourth-order valence-corrected chi connectivity index (χ4v) is 5.04. The molecule has 0 aliphatic heterocycles. The highest BCUT2D eigenvalue weighted by atomic mass is 35.5. The van der Waals surface area contributed by atoms with Gasteiger partial charge in [-0.25, -0.2) is 4.79 Å². The molecule has 2 aromatic rings. The van der Waals surface area contributed by atoms with Gasteiger partial charge in [-0.15, -0.1) is 11.3 Å². The Hall–Kier alpha value is -2.36. The minimum atomic E-state index is -0.662. The third-order valence-corrected chi connectivity index (χ3v) is 6.78. The van der Waals surface area contributed by atoms with Crippen molar-refractivity contribution in [3.05, 3.63) is 50.9 Å². The predicted molar refractivity (Wildman–Crippen MR) is 114 cm³/mol. The van der Waals surface area contributed by atoms with Gasteiger partial charge in [0.15, 0.2) is 6.61 Å². The number of nitriles is 1. The molecule has 1 heterocycles. The van der Waals surface area contributed by atoms with Crippen LogP contribution in [0, 0.1) is 22.7 Å². The van der Waals surface area contributed by atoms with Gasteiger partial charge in [0.1, 0.15) is 11.1 Å². The standard InChI is InChI=1S/C22H23ClN2O3S/c1-22(2,3)13-8-9-14-16(11-24)20(29-18(14)10-13)25-19(26)12-28-21(27)15-6-4-5-7-17(15)23/h4-7,13H,8-10,12H2,1-3H3,(H,25,26)/t13-/m0/s1. The molecule has 0 spiro atoms. The first-order chi connectivity index (χ1) is 13.7. The van der Waals surface area contributed by atoms with E-state index in [1.807, 2.05) is 0 Å². The van der Waals surface area contributed by atoms with Crippen molar-refractivity contribution in [1.82, 2.24) is 0 Å². The maximum absolute atomic E-state index is 12.3. The lowest BCUT2D eigenvalue weighted by molar-refractivity contribution is -0.119. The van der Waals surface area contributed by atoms with Crippen molar-refractivity contribution in [1.29, 1.82) is 5.26 Å². The molecule has 1 amide bonds. The van der Waals surface area contributed by atoms with Gasteiger partial charge in [-0.3, -0.25) is 4.79 Å². The van der Waals surface area contributed by atoms with Crippen LogP contribution < -0.4 is 5.32 Å². The first-order valence-corrected chi connectivity index (χ1v) is 10.7. The molecule has 3 rings (SSSR count). The molecule has 0 bridgehead atoms. The summed E-state index contributed by atoms with van der Waals surface area (Å²) in [5, 5.41) is 13.1. The maximum Gasteiger partial charge on any atom is 0.340 e. The minimum Gasteiger partial charge on any atom is -0.452 e. The van der Waals surface area contributed by atoms with E-state index < -0.39 is 18.5 Å². The lowest BCUT2D eigenvalue weighted by Gasteiger charge is -2.33. The summed E-state index contributed by atoms with van der Waals surface area (Å²) in [6.07, 6.45) is 2.79. The van der Waals surface area contributed by atoms with E-state index in [1.54, 1.807) is 18.2 Å². The molecule has 0 radical (unpaired) electrons. The molecule has 152 valence electrons. The van der Waals surface area contributed by atoms with Gasteiger partial charge in [-0.1, -0.05) is 44.5 Å². The van der Waals surface area contributed by atoms with E-state index >= 15 is 0 Å². The Bertz CT molecular complexity index is 985. The number of hydrogen-bond donors (Lipinski definition) is 1. The molecule has 0 saturated carbocycles. The molecule has 0 saturated heterocycles. The molecule has 1 N–H and O–H groups in total. The van der Waals surface area contributed by atoms with Crippen molar-refractivity contribution in [2.75, 3.05) is 11.9 Å². The Morgan fingerprint density at radius 2 is 2.07 bits per heavy atom. The van der Waals surface area contributed by atoms with Crippen LogP contribution in [-0.4, -0.2) is 18.5 Å². The summed E-state index contributed by atoms with van der Waals surface area (Å²) in [4.78, 5) is 25.6. The monoisotopic (exact) mass is 430 g/mol. The zero-order valence-electron chi connectivity index (χ0n) is 16.7. The molecule has 5 nitrogen and oxygen atoms in total. The fourth-order valence-electron chi connectivity index (χ4n) is 3.53. The van der Waals surface area contributed by atoms with Gasteiger partial charge in [0, 0.05) is 4.88 Å². The topological polar surface area (TPSA) is 79.2 Å². The van der Waals surface area contributed by atoms with Crippen LogP contribution in [0.2, 0.25) is 5.02 Å². The quantitative estimate of drug-likeness (QED) is 0.674. The lowest BCUT2D eigenvalue weighted by Crippen LogP contribution is -2.26. The highest BCUT2D eigenvalue weighted by Crippen LogP contribution is 2.43. The molecule has 1 aliphatic carbocycles. The Morgan fingerprint density at radius 3 is 2.72 bits per heavy atom. The van der Waals surface area contributed by atoms with E-state index in [4.69, 9.17) is 16.3 Å². The first-order valence-electron chi connectivity index (χ1n) is 9.47. The molecule has 1 aromatic heterocycles. The number of carbonyl (C=O) groups is 2. The van der Waals surface area contributed by atoms with Crippen molar-refractivity contribution in [2.45, 2.75) is 40.0 Å². The SMILES string of the molecule is CC(C)(C)[C@H]1CCc2c(sc(NC(=O)COC(=O)c3ccccc3Cl)c2C#N)C1. The average molecular weight is 431 g/mol. The summed E-state index contributed by atoms with van der Waals surface area (Å²) >= 11 is 7.42. The number of amides is 1. The molecule has 7 heteroatoms. The van der Waals surface area contributed by atoms with Gasteiger partial charge in [0.2, 0.25) is 0 Å². The second kappa shape index (κ2) is 8.56. The highest BCUT2D eigenvalue weighted by molar-refractivity contribution is 7.16. The number of halogens is 1. The van der Waals surface area contributed by atoms with Gasteiger partial charge >= 0.3 is 5.97 Å². The van der Waals surface area contributed by atoms with E-state index in [0.717, 1.165) is 29.7 Å². The molecule has 1 atom stereocenters.